The van der Waals surface area contributed by atoms with Gasteiger partial charge in [-0.2, -0.15) is 0 Å². The number of hydrogen-bond donors (Lipinski definition) is 0. The molecule has 0 radical (unpaired) electrons. The van der Waals surface area contributed by atoms with Crippen LogP contribution in [-0.2, 0) is 4.79 Å². The van der Waals surface area contributed by atoms with E-state index in [2.05, 4.69) is 0 Å². The second-order valence-corrected chi connectivity index (χ2v) is 6.96. The molecule has 126 valence electrons. The van der Waals surface area contributed by atoms with Crippen molar-refractivity contribution in [1.29, 1.82) is 0 Å². The molecule has 1 saturated heterocycles. The van der Waals surface area contributed by atoms with Crippen LogP contribution in [0, 0.1) is 0 Å². The average molecular weight is 367 g/mol. The third-order valence-corrected chi connectivity index (χ3v) is 4.93. The maximum atomic E-state index is 12.5. The van der Waals surface area contributed by atoms with Crippen molar-refractivity contribution in [3.63, 3.8) is 0 Å². The van der Waals surface area contributed by atoms with Crippen LogP contribution in [0.25, 0.3) is 6.08 Å². The number of thioether (sulfide) groups is 1. The Morgan fingerprint density at radius 3 is 2.44 bits per heavy atom. The molecule has 1 amide bonds. The Kier molecular flexibility index (Phi) is 6.04. The maximum absolute atomic E-state index is 12.5. The maximum Gasteiger partial charge on any atom is 0.266 e. The molecule has 25 heavy (non-hydrogen) atoms. The number of amides is 1. The molecule has 0 aliphatic carbocycles. The highest BCUT2D eigenvalue weighted by Gasteiger charge is 2.31. The number of ether oxygens (including phenoxy) is 1. The van der Waals surface area contributed by atoms with Crippen LogP contribution in [0.5, 0.6) is 5.75 Å². The standard InChI is InChI=1S/C20H17NO2S2/c22-19-18(13-7-10-16-8-3-1-4-9-16)25-20(24)21(19)14-15-23-17-11-5-2-6-12-17/h1-13H,14-15H2/b10-7+,18-13-. The summed E-state index contributed by atoms with van der Waals surface area (Å²) < 4.78 is 6.21. The number of nitrogens with zero attached hydrogens (tertiary/aromatic N) is 1. The Morgan fingerprint density at radius 2 is 1.72 bits per heavy atom. The van der Waals surface area contributed by atoms with Gasteiger partial charge < -0.3 is 4.74 Å². The van der Waals surface area contributed by atoms with Crippen molar-refractivity contribution >= 4 is 40.3 Å². The van der Waals surface area contributed by atoms with E-state index in [0.717, 1.165) is 11.3 Å². The molecule has 0 bridgehead atoms. The minimum Gasteiger partial charge on any atom is -0.492 e. The Hall–Kier alpha value is -2.37. The number of para-hydroxylation sites is 1. The minimum absolute atomic E-state index is 0.0654. The molecule has 1 heterocycles. The van der Waals surface area contributed by atoms with Gasteiger partial charge in [0.05, 0.1) is 11.4 Å². The van der Waals surface area contributed by atoms with Crippen LogP contribution >= 0.6 is 24.0 Å². The highest BCUT2D eigenvalue weighted by atomic mass is 32.2. The smallest absolute Gasteiger partial charge is 0.266 e. The Morgan fingerprint density at radius 1 is 1.04 bits per heavy atom. The fourth-order valence-corrected chi connectivity index (χ4v) is 3.55. The van der Waals surface area contributed by atoms with Gasteiger partial charge in [0.25, 0.3) is 5.91 Å². The van der Waals surface area contributed by atoms with Gasteiger partial charge in [0.15, 0.2) is 0 Å². The summed E-state index contributed by atoms with van der Waals surface area (Å²) >= 11 is 6.64. The normalized spacial score (nSPS) is 16.2. The van der Waals surface area contributed by atoms with E-state index in [1.54, 1.807) is 4.90 Å². The fraction of sp³-hybridized carbons (Fsp3) is 0.100. The molecule has 3 nitrogen and oxygen atoms in total. The van der Waals surface area contributed by atoms with Crippen molar-refractivity contribution in [3.8, 4) is 5.75 Å². The van der Waals surface area contributed by atoms with Gasteiger partial charge in [-0.15, -0.1) is 0 Å². The van der Waals surface area contributed by atoms with Crippen LogP contribution in [0.3, 0.4) is 0 Å². The highest BCUT2D eigenvalue weighted by molar-refractivity contribution is 8.26. The number of carbonyl (C=O) groups excluding carboxylic acids is 1. The van der Waals surface area contributed by atoms with Gasteiger partial charge in [0, 0.05) is 0 Å². The van der Waals surface area contributed by atoms with E-state index in [-0.39, 0.29) is 5.91 Å². The SMILES string of the molecule is O=C1/C(=C/C=C/c2ccccc2)SC(=S)N1CCOc1ccccc1. The molecule has 0 aromatic heterocycles. The molecular weight excluding hydrogens is 350 g/mol. The van der Waals surface area contributed by atoms with E-state index in [1.165, 1.54) is 11.8 Å². The fourth-order valence-electron chi connectivity index (χ4n) is 2.29. The Labute approximate surface area is 157 Å². The van der Waals surface area contributed by atoms with Crippen molar-refractivity contribution in [2.24, 2.45) is 0 Å². The summed E-state index contributed by atoms with van der Waals surface area (Å²) in [5.74, 6) is 0.721. The third-order valence-electron chi connectivity index (χ3n) is 3.54. The summed E-state index contributed by atoms with van der Waals surface area (Å²) in [6, 6.07) is 19.5. The van der Waals surface area contributed by atoms with Crippen LogP contribution < -0.4 is 4.74 Å². The molecule has 3 rings (SSSR count). The van der Waals surface area contributed by atoms with Gasteiger partial charge in [0.2, 0.25) is 0 Å². The van der Waals surface area contributed by atoms with Gasteiger partial charge in [0.1, 0.15) is 16.7 Å². The second kappa shape index (κ2) is 8.65. The summed E-state index contributed by atoms with van der Waals surface area (Å²) in [4.78, 5) is 14.7. The zero-order valence-electron chi connectivity index (χ0n) is 13.5. The summed E-state index contributed by atoms with van der Waals surface area (Å²) in [5.41, 5.74) is 1.09. The summed E-state index contributed by atoms with van der Waals surface area (Å²) in [7, 11) is 0. The molecular formula is C20H17NO2S2. The number of rotatable bonds is 6. The lowest BCUT2D eigenvalue weighted by molar-refractivity contribution is -0.122. The molecule has 1 aliphatic rings. The number of allylic oxidation sites excluding steroid dienone is 2. The van der Waals surface area contributed by atoms with Crippen LogP contribution in [-0.4, -0.2) is 28.3 Å². The van der Waals surface area contributed by atoms with Crippen LogP contribution in [0.1, 0.15) is 5.56 Å². The first-order valence-corrected chi connectivity index (χ1v) is 9.11. The zero-order chi connectivity index (χ0) is 17.5. The number of thiocarbonyl (C=S) groups is 1. The second-order valence-electron chi connectivity index (χ2n) is 5.29. The van der Waals surface area contributed by atoms with E-state index in [1.807, 2.05) is 78.9 Å². The van der Waals surface area contributed by atoms with Crippen molar-refractivity contribution < 1.29 is 9.53 Å². The Bertz CT molecular complexity index is 801. The minimum atomic E-state index is -0.0654. The lowest BCUT2D eigenvalue weighted by atomic mass is 10.2. The van der Waals surface area contributed by atoms with E-state index in [4.69, 9.17) is 17.0 Å². The molecule has 0 atom stereocenters. The van der Waals surface area contributed by atoms with Crippen LogP contribution in [0.15, 0.2) is 77.7 Å². The van der Waals surface area contributed by atoms with Crippen molar-refractivity contribution in [3.05, 3.63) is 83.3 Å². The predicted octanol–water partition coefficient (Wildman–Crippen LogP) is 4.52. The van der Waals surface area contributed by atoms with Gasteiger partial charge in [-0.1, -0.05) is 84.7 Å². The average Bonchev–Trinajstić information content (AvgIpc) is 2.91. The quantitative estimate of drug-likeness (QED) is 0.554. The van der Waals surface area contributed by atoms with E-state index in [9.17, 15) is 4.79 Å². The van der Waals surface area contributed by atoms with Gasteiger partial charge in [-0.3, -0.25) is 9.69 Å². The van der Waals surface area contributed by atoms with Crippen molar-refractivity contribution in [2.45, 2.75) is 0 Å². The molecule has 2 aromatic carbocycles. The third kappa shape index (κ3) is 4.81. The first kappa shape index (κ1) is 17.5. The summed E-state index contributed by atoms with van der Waals surface area (Å²) in [5, 5.41) is 0. The van der Waals surface area contributed by atoms with E-state index in [0.29, 0.717) is 22.4 Å². The molecule has 5 heteroatoms. The molecule has 1 aliphatic heterocycles. The number of benzene rings is 2. The van der Waals surface area contributed by atoms with Crippen LogP contribution in [0.2, 0.25) is 0 Å². The number of hydrogen-bond acceptors (Lipinski definition) is 4. The molecule has 2 aromatic rings. The van der Waals surface area contributed by atoms with Gasteiger partial charge in [-0.05, 0) is 23.8 Å². The topological polar surface area (TPSA) is 29.5 Å². The largest absolute Gasteiger partial charge is 0.492 e. The van der Waals surface area contributed by atoms with Crippen molar-refractivity contribution in [1.82, 2.24) is 4.90 Å². The predicted molar refractivity (Wildman–Crippen MR) is 107 cm³/mol. The summed E-state index contributed by atoms with van der Waals surface area (Å²) in [6.07, 6.45) is 5.65. The van der Waals surface area contributed by atoms with E-state index >= 15 is 0 Å². The van der Waals surface area contributed by atoms with Gasteiger partial charge >= 0.3 is 0 Å². The monoisotopic (exact) mass is 367 g/mol. The number of carbonyl (C=O) groups is 1. The molecule has 0 N–H and O–H groups in total. The zero-order valence-corrected chi connectivity index (χ0v) is 15.1. The summed E-state index contributed by atoms with van der Waals surface area (Å²) in [6.45, 7) is 0.850. The van der Waals surface area contributed by atoms with Gasteiger partial charge in [-0.25, -0.2) is 0 Å². The molecule has 0 spiro atoms. The first-order valence-electron chi connectivity index (χ1n) is 7.89. The van der Waals surface area contributed by atoms with E-state index < -0.39 is 0 Å². The highest BCUT2D eigenvalue weighted by Crippen LogP contribution is 2.30. The molecule has 0 saturated carbocycles. The molecule has 1 fully saturated rings. The lowest BCUT2D eigenvalue weighted by Crippen LogP contribution is -2.32. The Balaban J connectivity index is 1.56. The van der Waals surface area contributed by atoms with Crippen LogP contribution in [0.4, 0.5) is 0 Å². The lowest BCUT2D eigenvalue weighted by Gasteiger charge is -2.14. The van der Waals surface area contributed by atoms with Crippen molar-refractivity contribution in [2.75, 3.05) is 13.2 Å². The first-order chi connectivity index (χ1) is 12.2. The molecule has 0 unspecified atom stereocenters.